The van der Waals surface area contributed by atoms with Crippen molar-refractivity contribution < 1.29 is 0 Å². The maximum absolute atomic E-state index is 6.14. The van der Waals surface area contributed by atoms with E-state index in [0.717, 1.165) is 21.4 Å². The summed E-state index contributed by atoms with van der Waals surface area (Å²) >= 11 is 8.39. The standard InChI is InChI=1S/C9H9ClIN/c10-9-6-2-4-8(12)5(6)1-3-7(9)11/h1,3,8H,2,4,12H2/t8-/m1/s1. The maximum atomic E-state index is 6.14. The summed E-state index contributed by atoms with van der Waals surface area (Å²) in [6, 6.07) is 4.34. The second-order valence-electron chi connectivity index (χ2n) is 3.07. The fourth-order valence-corrected chi connectivity index (χ4v) is 2.44. The summed E-state index contributed by atoms with van der Waals surface area (Å²) in [6.07, 6.45) is 2.07. The summed E-state index contributed by atoms with van der Waals surface area (Å²) in [4.78, 5) is 0. The van der Waals surface area contributed by atoms with E-state index in [9.17, 15) is 0 Å². The lowest BCUT2D eigenvalue weighted by Crippen LogP contribution is -2.04. The largest absolute Gasteiger partial charge is 0.324 e. The zero-order valence-corrected chi connectivity index (χ0v) is 9.39. The van der Waals surface area contributed by atoms with E-state index in [-0.39, 0.29) is 6.04 Å². The van der Waals surface area contributed by atoms with Crippen molar-refractivity contribution >= 4 is 34.2 Å². The van der Waals surface area contributed by atoms with Gasteiger partial charge in [-0.25, -0.2) is 0 Å². The van der Waals surface area contributed by atoms with Gasteiger partial charge in [0.2, 0.25) is 0 Å². The summed E-state index contributed by atoms with van der Waals surface area (Å²) in [5.74, 6) is 0. The maximum Gasteiger partial charge on any atom is 0.0574 e. The number of fused-ring (bicyclic) bond motifs is 1. The van der Waals surface area contributed by atoms with E-state index >= 15 is 0 Å². The number of benzene rings is 1. The van der Waals surface area contributed by atoms with Crippen LogP contribution in [0, 0.1) is 3.57 Å². The molecule has 0 saturated carbocycles. The average molecular weight is 294 g/mol. The van der Waals surface area contributed by atoms with Crippen molar-refractivity contribution in [3.8, 4) is 0 Å². The molecule has 0 heterocycles. The summed E-state index contributed by atoms with van der Waals surface area (Å²) in [5, 5.41) is 0.904. The molecule has 12 heavy (non-hydrogen) atoms. The quantitative estimate of drug-likeness (QED) is 0.731. The van der Waals surface area contributed by atoms with Crippen molar-refractivity contribution in [3.63, 3.8) is 0 Å². The Labute approximate surface area is 90.4 Å². The third-order valence-corrected chi connectivity index (χ3v) is 3.99. The molecule has 2 rings (SSSR count). The van der Waals surface area contributed by atoms with Gasteiger partial charge in [-0.2, -0.15) is 0 Å². The molecule has 2 N–H and O–H groups in total. The van der Waals surface area contributed by atoms with Gasteiger partial charge in [0.05, 0.1) is 5.02 Å². The highest BCUT2D eigenvalue weighted by Crippen LogP contribution is 2.36. The molecule has 64 valence electrons. The predicted molar refractivity (Wildman–Crippen MR) is 59.4 cm³/mol. The minimum atomic E-state index is 0.203. The van der Waals surface area contributed by atoms with Crippen LogP contribution in [-0.4, -0.2) is 0 Å². The van der Waals surface area contributed by atoms with E-state index in [4.69, 9.17) is 17.3 Å². The molecule has 1 aromatic carbocycles. The van der Waals surface area contributed by atoms with Crippen molar-refractivity contribution in [3.05, 3.63) is 31.9 Å². The van der Waals surface area contributed by atoms with Gasteiger partial charge in [0.25, 0.3) is 0 Å². The molecule has 0 spiro atoms. The third kappa shape index (κ3) is 1.26. The van der Waals surface area contributed by atoms with Crippen molar-refractivity contribution in [1.29, 1.82) is 0 Å². The van der Waals surface area contributed by atoms with Crippen LogP contribution >= 0.6 is 34.2 Å². The number of hydrogen-bond donors (Lipinski definition) is 1. The summed E-state index contributed by atoms with van der Waals surface area (Å²) in [5.41, 5.74) is 8.40. The van der Waals surface area contributed by atoms with Crippen LogP contribution in [0.5, 0.6) is 0 Å². The van der Waals surface area contributed by atoms with Gasteiger partial charge in [-0.3, -0.25) is 0 Å². The first kappa shape index (κ1) is 8.78. The lowest BCUT2D eigenvalue weighted by molar-refractivity contribution is 0.713. The highest BCUT2D eigenvalue weighted by molar-refractivity contribution is 14.1. The van der Waals surface area contributed by atoms with Gasteiger partial charge in [0, 0.05) is 9.61 Å². The van der Waals surface area contributed by atoms with Crippen LogP contribution in [0.4, 0.5) is 0 Å². The predicted octanol–water partition coefficient (Wildman–Crippen LogP) is 2.89. The average Bonchev–Trinajstić information content (AvgIpc) is 2.41. The smallest absolute Gasteiger partial charge is 0.0574 e. The minimum Gasteiger partial charge on any atom is -0.324 e. The summed E-state index contributed by atoms with van der Waals surface area (Å²) < 4.78 is 1.13. The molecule has 0 radical (unpaired) electrons. The first-order valence-electron chi connectivity index (χ1n) is 3.92. The van der Waals surface area contributed by atoms with Gasteiger partial charge in [-0.15, -0.1) is 0 Å². The Morgan fingerprint density at radius 3 is 3.00 bits per heavy atom. The van der Waals surface area contributed by atoms with Crippen LogP contribution in [-0.2, 0) is 6.42 Å². The van der Waals surface area contributed by atoms with Gasteiger partial charge >= 0.3 is 0 Å². The van der Waals surface area contributed by atoms with Crippen LogP contribution < -0.4 is 5.73 Å². The van der Waals surface area contributed by atoms with E-state index in [2.05, 4.69) is 28.7 Å². The van der Waals surface area contributed by atoms with Gasteiger partial charge in [0.15, 0.2) is 0 Å². The molecule has 0 aliphatic heterocycles. The van der Waals surface area contributed by atoms with Crippen molar-refractivity contribution in [2.24, 2.45) is 5.73 Å². The van der Waals surface area contributed by atoms with Gasteiger partial charge in [-0.1, -0.05) is 17.7 Å². The number of nitrogens with two attached hydrogens (primary N) is 1. The van der Waals surface area contributed by atoms with Crippen molar-refractivity contribution in [1.82, 2.24) is 0 Å². The molecule has 1 atom stereocenters. The van der Waals surface area contributed by atoms with E-state index in [0.29, 0.717) is 0 Å². The molecule has 0 unspecified atom stereocenters. The van der Waals surface area contributed by atoms with Crippen LogP contribution in [0.3, 0.4) is 0 Å². The Bertz CT molecular complexity index is 325. The van der Waals surface area contributed by atoms with Crippen LogP contribution in [0.1, 0.15) is 23.6 Å². The Kier molecular flexibility index (Phi) is 2.31. The highest BCUT2D eigenvalue weighted by atomic mass is 127. The summed E-state index contributed by atoms with van der Waals surface area (Å²) in [6.45, 7) is 0. The van der Waals surface area contributed by atoms with E-state index in [1.807, 2.05) is 6.07 Å². The van der Waals surface area contributed by atoms with E-state index in [1.165, 1.54) is 11.1 Å². The zero-order chi connectivity index (χ0) is 8.72. The molecule has 1 nitrogen and oxygen atoms in total. The van der Waals surface area contributed by atoms with Crippen LogP contribution in [0.15, 0.2) is 12.1 Å². The Balaban J connectivity index is 2.60. The molecule has 0 bridgehead atoms. The second kappa shape index (κ2) is 3.16. The first-order chi connectivity index (χ1) is 5.70. The SMILES string of the molecule is N[C@@H]1CCc2c1ccc(I)c2Cl. The number of hydrogen-bond acceptors (Lipinski definition) is 1. The molecular formula is C9H9ClIN. The highest BCUT2D eigenvalue weighted by Gasteiger charge is 2.21. The molecule has 3 heteroatoms. The van der Waals surface area contributed by atoms with Crippen molar-refractivity contribution in [2.45, 2.75) is 18.9 Å². The minimum absolute atomic E-state index is 0.203. The topological polar surface area (TPSA) is 26.0 Å². The molecule has 1 aliphatic rings. The van der Waals surface area contributed by atoms with E-state index in [1.54, 1.807) is 0 Å². The molecule has 1 aromatic rings. The molecule has 0 amide bonds. The zero-order valence-electron chi connectivity index (χ0n) is 6.48. The third-order valence-electron chi connectivity index (χ3n) is 2.34. The van der Waals surface area contributed by atoms with E-state index < -0.39 is 0 Å². The van der Waals surface area contributed by atoms with Crippen LogP contribution in [0.25, 0.3) is 0 Å². The monoisotopic (exact) mass is 293 g/mol. The molecule has 0 saturated heterocycles. The Morgan fingerprint density at radius 1 is 1.50 bits per heavy atom. The lowest BCUT2D eigenvalue weighted by Gasteiger charge is -2.06. The molecule has 0 aromatic heterocycles. The van der Waals surface area contributed by atoms with Gasteiger partial charge in [0.1, 0.15) is 0 Å². The van der Waals surface area contributed by atoms with Gasteiger partial charge < -0.3 is 5.73 Å². The van der Waals surface area contributed by atoms with Crippen LogP contribution in [0.2, 0.25) is 5.02 Å². The summed E-state index contributed by atoms with van der Waals surface area (Å²) in [7, 11) is 0. The Morgan fingerprint density at radius 2 is 2.25 bits per heavy atom. The number of rotatable bonds is 0. The Hall–Kier alpha value is 0.200. The van der Waals surface area contributed by atoms with Crippen molar-refractivity contribution in [2.75, 3.05) is 0 Å². The fourth-order valence-electron chi connectivity index (χ4n) is 1.66. The second-order valence-corrected chi connectivity index (χ2v) is 4.61. The fraction of sp³-hybridized carbons (Fsp3) is 0.333. The normalized spacial score (nSPS) is 21.1. The molecular weight excluding hydrogens is 284 g/mol. The van der Waals surface area contributed by atoms with Gasteiger partial charge in [-0.05, 0) is 52.6 Å². The number of halogens is 2. The lowest BCUT2D eigenvalue weighted by atomic mass is 10.1. The molecule has 0 fully saturated rings. The first-order valence-corrected chi connectivity index (χ1v) is 5.38. The molecule has 1 aliphatic carbocycles.